The number of nitrogens with zero attached hydrogens (tertiary/aromatic N) is 1. The van der Waals surface area contributed by atoms with Gasteiger partial charge in [0.1, 0.15) is 0 Å². The maximum Gasteiger partial charge on any atom is 0.240 e. The number of hydrogen-bond donors (Lipinski definition) is 1. The summed E-state index contributed by atoms with van der Waals surface area (Å²) in [6.07, 6.45) is 0.330. The predicted octanol–water partition coefficient (Wildman–Crippen LogP) is 2.98. The molecule has 25 heavy (non-hydrogen) atoms. The molecule has 0 spiro atoms. The van der Waals surface area contributed by atoms with Crippen LogP contribution in [0.2, 0.25) is 5.02 Å². The molecule has 1 fully saturated rings. The molecule has 3 rings (SSSR count). The number of carbonyl (C=O) groups is 1. The highest BCUT2D eigenvalue weighted by Gasteiger charge is 2.31. The van der Waals surface area contributed by atoms with Gasteiger partial charge >= 0.3 is 0 Å². The van der Waals surface area contributed by atoms with Crippen molar-refractivity contribution in [2.24, 2.45) is 5.92 Å². The van der Waals surface area contributed by atoms with Crippen molar-refractivity contribution < 1.29 is 13.2 Å². The van der Waals surface area contributed by atoms with Gasteiger partial charge in [0.15, 0.2) is 0 Å². The molecule has 1 atom stereocenters. The largest absolute Gasteiger partial charge is 0.312 e. The zero-order chi connectivity index (χ0) is 18.0. The van der Waals surface area contributed by atoms with Crippen LogP contribution in [0, 0.1) is 12.8 Å². The molecule has 1 N–H and O–H groups in total. The van der Waals surface area contributed by atoms with Crippen molar-refractivity contribution in [3.05, 3.63) is 59.1 Å². The Balaban J connectivity index is 1.63. The van der Waals surface area contributed by atoms with Crippen LogP contribution in [-0.2, 0) is 14.8 Å². The number of amides is 1. The van der Waals surface area contributed by atoms with Gasteiger partial charge in [0.05, 0.1) is 4.90 Å². The highest BCUT2D eigenvalue weighted by Crippen LogP contribution is 2.25. The number of aryl methyl sites for hydroxylation is 1. The number of halogens is 1. The molecular formula is C18H19ClN2O3S. The second-order valence-corrected chi connectivity index (χ2v) is 8.42. The minimum absolute atomic E-state index is 0.0135. The molecule has 0 aromatic heterocycles. The first kappa shape index (κ1) is 17.9. The molecule has 0 radical (unpaired) electrons. The molecule has 5 nitrogen and oxygen atoms in total. The smallest absolute Gasteiger partial charge is 0.240 e. The summed E-state index contributed by atoms with van der Waals surface area (Å²) in [4.78, 5) is 14.1. The first-order chi connectivity index (χ1) is 11.8. The van der Waals surface area contributed by atoms with Crippen molar-refractivity contribution in [2.75, 3.05) is 18.0 Å². The van der Waals surface area contributed by atoms with Gasteiger partial charge in [-0.1, -0.05) is 29.3 Å². The fourth-order valence-corrected chi connectivity index (χ4v) is 4.06. The zero-order valence-electron chi connectivity index (χ0n) is 13.8. The molecule has 2 aromatic carbocycles. The number of nitrogens with one attached hydrogen (secondary N) is 1. The van der Waals surface area contributed by atoms with Crippen molar-refractivity contribution in [2.45, 2.75) is 18.2 Å². The van der Waals surface area contributed by atoms with Gasteiger partial charge in [-0.3, -0.25) is 4.79 Å². The molecule has 132 valence electrons. The lowest BCUT2D eigenvalue weighted by Crippen LogP contribution is -2.31. The quantitative estimate of drug-likeness (QED) is 0.869. The van der Waals surface area contributed by atoms with E-state index in [1.54, 1.807) is 4.90 Å². The Labute approximate surface area is 152 Å². The molecule has 1 heterocycles. The van der Waals surface area contributed by atoms with Gasteiger partial charge in [-0.05, 0) is 49.2 Å². The van der Waals surface area contributed by atoms with Crippen molar-refractivity contribution in [3.63, 3.8) is 0 Å². The fourth-order valence-electron chi connectivity index (χ4n) is 2.82. The maximum atomic E-state index is 12.3. The van der Waals surface area contributed by atoms with E-state index in [1.807, 2.05) is 31.2 Å². The Morgan fingerprint density at radius 1 is 1.12 bits per heavy atom. The van der Waals surface area contributed by atoms with E-state index in [0.29, 0.717) is 18.0 Å². The Kier molecular flexibility index (Phi) is 5.13. The van der Waals surface area contributed by atoms with E-state index in [1.165, 1.54) is 24.3 Å². The van der Waals surface area contributed by atoms with Gasteiger partial charge < -0.3 is 4.90 Å². The Morgan fingerprint density at radius 2 is 1.76 bits per heavy atom. The summed E-state index contributed by atoms with van der Waals surface area (Å²) in [6, 6.07) is 13.7. The highest BCUT2D eigenvalue weighted by molar-refractivity contribution is 7.89. The van der Waals surface area contributed by atoms with Crippen LogP contribution >= 0.6 is 11.6 Å². The summed E-state index contributed by atoms with van der Waals surface area (Å²) in [7, 11) is -3.61. The van der Waals surface area contributed by atoms with Crippen LogP contribution in [0.5, 0.6) is 0 Å². The average molecular weight is 379 g/mol. The van der Waals surface area contributed by atoms with Crippen LogP contribution in [0.15, 0.2) is 53.4 Å². The van der Waals surface area contributed by atoms with Crippen LogP contribution in [0.3, 0.4) is 0 Å². The Morgan fingerprint density at radius 3 is 2.40 bits per heavy atom. The van der Waals surface area contributed by atoms with Gasteiger partial charge in [0.25, 0.3) is 0 Å². The molecule has 1 unspecified atom stereocenters. The van der Waals surface area contributed by atoms with E-state index >= 15 is 0 Å². The van der Waals surface area contributed by atoms with Gasteiger partial charge in [-0.25, -0.2) is 13.1 Å². The first-order valence-electron chi connectivity index (χ1n) is 7.97. The van der Waals surface area contributed by atoms with E-state index in [4.69, 9.17) is 11.6 Å². The number of benzene rings is 2. The molecule has 0 bridgehead atoms. The van der Waals surface area contributed by atoms with Gasteiger partial charge in [0.2, 0.25) is 15.9 Å². The van der Waals surface area contributed by atoms with E-state index in [9.17, 15) is 13.2 Å². The maximum absolute atomic E-state index is 12.3. The van der Waals surface area contributed by atoms with Crippen LogP contribution in [-0.4, -0.2) is 27.4 Å². The number of sulfonamides is 1. The molecule has 1 aliphatic rings. The summed E-state index contributed by atoms with van der Waals surface area (Å²) in [5, 5.41) is 0.481. The van der Waals surface area contributed by atoms with Crippen LogP contribution in [0.25, 0.3) is 0 Å². The molecular weight excluding hydrogens is 360 g/mol. The molecule has 0 aliphatic carbocycles. The van der Waals surface area contributed by atoms with Crippen LogP contribution < -0.4 is 9.62 Å². The second-order valence-electron chi connectivity index (χ2n) is 6.22. The fraction of sp³-hybridized carbons (Fsp3) is 0.278. The summed E-state index contributed by atoms with van der Waals surface area (Å²) >= 11 is 5.78. The molecule has 1 amide bonds. The lowest BCUT2D eigenvalue weighted by molar-refractivity contribution is -0.117. The van der Waals surface area contributed by atoms with E-state index < -0.39 is 10.0 Å². The van der Waals surface area contributed by atoms with Crippen LogP contribution in [0.1, 0.15) is 12.0 Å². The second kappa shape index (κ2) is 7.15. The number of anilines is 1. The topological polar surface area (TPSA) is 66.5 Å². The lowest BCUT2D eigenvalue weighted by Gasteiger charge is -2.17. The predicted molar refractivity (Wildman–Crippen MR) is 98.3 cm³/mol. The number of rotatable bonds is 5. The third kappa shape index (κ3) is 4.21. The molecule has 2 aromatic rings. The van der Waals surface area contributed by atoms with Gasteiger partial charge in [-0.2, -0.15) is 0 Å². The summed E-state index contributed by atoms with van der Waals surface area (Å²) < 4.78 is 27.2. The van der Waals surface area contributed by atoms with Crippen molar-refractivity contribution >= 4 is 33.2 Å². The summed E-state index contributed by atoms with van der Waals surface area (Å²) in [5.74, 6) is -0.0459. The molecule has 0 saturated carbocycles. The Bertz CT molecular complexity index is 864. The minimum Gasteiger partial charge on any atom is -0.312 e. The molecule has 1 aliphatic heterocycles. The number of hydrogen-bond acceptors (Lipinski definition) is 3. The van der Waals surface area contributed by atoms with E-state index in [2.05, 4.69) is 4.72 Å². The van der Waals surface area contributed by atoms with Crippen molar-refractivity contribution in [1.29, 1.82) is 0 Å². The molecule has 1 saturated heterocycles. The van der Waals surface area contributed by atoms with Crippen molar-refractivity contribution in [3.8, 4) is 0 Å². The summed E-state index contributed by atoms with van der Waals surface area (Å²) in [5.41, 5.74) is 1.97. The first-order valence-corrected chi connectivity index (χ1v) is 9.83. The third-order valence-corrected chi connectivity index (χ3v) is 5.93. The minimum atomic E-state index is -3.61. The summed E-state index contributed by atoms with van der Waals surface area (Å²) in [6.45, 7) is 2.72. The monoisotopic (exact) mass is 378 g/mol. The van der Waals surface area contributed by atoms with Crippen LogP contribution in [0.4, 0.5) is 5.69 Å². The van der Waals surface area contributed by atoms with E-state index in [-0.39, 0.29) is 23.3 Å². The van der Waals surface area contributed by atoms with Crippen molar-refractivity contribution in [1.82, 2.24) is 4.72 Å². The third-order valence-electron chi connectivity index (χ3n) is 4.24. The SMILES string of the molecule is Cc1ccc(N2CC(CNS(=O)(=O)c3ccc(Cl)cc3)CC2=O)cc1. The Hall–Kier alpha value is -1.89. The van der Waals surface area contributed by atoms with Gasteiger partial charge in [-0.15, -0.1) is 0 Å². The number of carbonyl (C=O) groups excluding carboxylic acids is 1. The normalized spacial score (nSPS) is 17.9. The molecule has 7 heteroatoms. The zero-order valence-corrected chi connectivity index (χ0v) is 15.3. The highest BCUT2D eigenvalue weighted by atomic mass is 35.5. The standard InChI is InChI=1S/C18H19ClN2O3S/c1-13-2-6-16(7-3-13)21-12-14(10-18(21)22)11-20-25(23,24)17-8-4-15(19)5-9-17/h2-9,14,20H,10-12H2,1H3. The van der Waals surface area contributed by atoms with Gasteiger partial charge in [0, 0.05) is 30.2 Å². The lowest BCUT2D eigenvalue weighted by atomic mass is 10.1. The van der Waals surface area contributed by atoms with E-state index in [0.717, 1.165) is 11.3 Å². The average Bonchev–Trinajstić information content (AvgIpc) is 2.95.